The quantitative estimate of drug-likeness (QED) is 0.735. The number of nitrogens with one attached hydrogen (secondary N) is 1. The minimum atomic E-state index is -0.671. The minimum absolute atomic E-state index is 0.0688. The standard InChI is InChI=1S/C9H11FN2O2/c1-6(13)4-12-9(14)7-2-3-11-5-8(7)10/h2-3,5-6,13H,4H2,1H3,(H,12,14)/t6-/m1/s1. The zero-order chi connectivity index (χ0) is 10.6. The molecule has 1 rings (SSSR count). The summed E-state index contributed by atoms with van der Waals surface area (Å²) >= 11 is 0. The van der Waals surface area contributed by atoms with Crippen LogP contribution in [0.1, 0.15) is 17.3 Å². The molecule has 0 saturated carbocycles. The summed E-state index contributed by atoms with van der Waals surface area (Å²) in [5, 5.41) is 11.3. The highest BCUT2D eigenvalue weighted by Crippen LogP contribution is 2.03. The van der Waals surface area contributed by atoms with Gasteiger partial charge in [0, 0.05) is 12.7 Å². The Kier molecular flexibility index (Phi) is 3.53. The van der Waals surface area contributed by atoms with Gasteiger partial charge in [0.1, 0.15) is 0 Å². The summed E-state index contributed by atoms with van der Waals surface area (Å²) in [6, 6.07) is 1.28. The Morgan fingerprint density at radius 1 is 1.79 bits per heavy atom. The van der Waals surface area contributed by atoms with E-state index in [1.54, 1.807) is 0 Å². The van der Waals surface area contributed by atoms with Crippen LogP contribution in [0, 0.1) is 5.82 Å². The molecule has 0 bridgehead atoms. The second-order valence-electron chi connectivity index (χ2n) is 2.91. The first-order chi connectivity index (χ1) is 6.61. The van der Waals surface area contributed by atoms with Crippen LogP contribution in [0.2, 0.25) is 0 Å². The van der Waals surface area contributed by atoms with Crippen molar-refractivity contribution >= 4 is 5.91 Å². The fourth-order valence-electron chi connectivity index (χ4n) is 0.895. The fourth-order valence-corrected chi connectivity index (χ4v) is 0.895. The van der Waals surface area contributed by atoms with Crippen LogP contribution in [0.4, 0.5) is 4.39 Å². The molecule has 1 atom stereocenters. The first kappa shape index (κ1) is 10.6. The van der Waals surface area contributed by atoms with Crippen molar-refractivity contribution < 1.29 is 14.3 Å². The highest BCUT2D eigenvalue weighted by atomic mass is 19.1. The molecule has 2 N–H and O–H groups in total. The van der Waals surface area contributed by atoms with Gasteiger partial charge in [-0.25, -0.2) is 4.39 Å². The summed E-state index contributed by atoms with van der Waals surface area (Å²) in [5.41, 5.74) is -0.0688. The maximum atomic E-state index is 13.0. The van der Waals surface area contributed by atoms with Crippen molar-refractivity contribution in [2.75, 3.05) is 6.54 Å². The largest absolute Gasteiger partial charge is 0.392 e. The van der Waals surface area contributed by atoms with Crippen LogP contribution in [0.15, 0.2) is 18.5 Å². The molecular formula is C9H11FN2O2. The highest BCUT2D eigenvalue weighted by Gasteiger charge is 2.10. The lowest BCUT2D eigenvalue weighted by atomic mass is 10.2. The smallest absolute Gasteiger partial charge is 0.254 e. The number of amides is 1. The predicted octanol–water partition coefficient (Wildman–Crippen LogP) is 0.331. The highest BCUT2D eigenvalue weighted by molar-refractivity contribution is 5.94. The van der Waals surface area contributed by atoms with Gasteiger partial charge >= 0.3 is 0 Å². The van der Waals surface area contributed by atoms with E-state index in [4.69, 9.17) is 5.11 Å². The Morgan fingerprint density at radius 2 is 2.50 bits per heavy atom. The van der Waals surface area contributed by atoms with E-state index in [0.717, 1.165) is 6.20 Å². The average molecular weight is 198 g/mol. The Hall–Kier alpha value is -1.49. The molecule has 0 aromatic carbocycles. The van der Waals surface area contributed by atoms with E-state index in [1.807, 2.05) is 0 Å². The summed E-state index contributed by atoms with van der Waals surface area (Å²) in [6.07, 6.45) is 1.65. The Balaban J connectivity index is 2.65. The third kappa shape index (κ3) is 2.77. The second kappa shape index (κ2) is 4.66. The number of nitrogens with zero attached hydrogens (tertiary/aromatic N) is 1. The number of rotatable bonds is 3. The van der Waals surface area contributed by atoms with Crippen LogP contribution in [-0.2, 0) is 0 Å². The van der Waals surface area contributed by atoms with Gasteiger partial charge < -0.3 is 10.4 Å². The molecule has 1 heterocycles. The van der Waals surface area contributed by atoms with Crippen LogP contribution >= 0.6 is 0 Å². The van der Waals surface area contributed by atoms with Crippen LogP contribution < -0.4 is 5.32 Å². The van der Waals surface area contributed by atoms with Gasteiger partial charge in [-0.05, 0) is 13.0 Å². The van der Waals surface area contributed by atoms with Gasteiger partial charge in [0.15, 0.2) is 5.82 Å². The van der Waals surface area contributed by atoms with Gasteiger partial charge in [0.05, 0.1) is 17.9 Å². The zero-order valence-corrected chi connectivity index (χ0v) is 7.70. The molecule has 4 nitrogen and oxygen atoms in total. The molecule has 0 fully saturated rings. The third-order valence-electron chi connectivity index (χ3n) is 1.58. The van der Waals surface area contributed by atoms with Gasteiger partial charge in [-0.2, -0.15) is 0 Å². The molecule has 1 aromatic rings. The van der Waals surface area contributed by atoms with Crippen molar-refractivity contribution in [2.24, 2.45) is 0 Å². The molecule has 1 amide bonds. The molecule has 0 spiro atoms. The molecule has 0 aliphatic rings. The summed E-state index contributed by atoms with van der Waals surface area (Å²) in [6.45, 7) is 1.63. The first-order valence-corrected chi connectivity index (χ1v) is 4.17. The van der Waals surface area contributed by atoms with Crippen molar-refractivity contribution in [3.63, 3.8) is 0 Å². The molecule has 0 saturated heterocycles. The molecule has 0 unspecified atom stereocenters. The number of carbonyl (C=O) groups is 1. The summed E-state index contributed by atoms with van der Waals surface area (Å²) < 4.78 is 13.0. The average Bonchev–Trinajstić information content (AvgIpc) is 2.15. The second-order valence-corrected chi connectivity index (χ2v) is 2.91. The van der Waals surface area contributed by atoms with Crippen molar-refractivity contribution in [2.45, 2.75) is 13.0 Å². The molecule has 76 valence electrons. The number of carbonyl (C=O) groups excluding carboxylic acids is 1. The fraction of sp³-hybridized carbons (Fsp3) is 0.333. The number of hydrogen-bond donors (Lipinski definition) is 2. The Morgan fingerprint density at radius 3 is 3.07 bits per heavy atom. The number of pyridine rings is 1. The summed E-state index contributed by atoms with van der Waals surface area (Å²) in [5.74, 6) is -1.22. The number of halogens is 1. The van der Waals surface area contributed by atoms with Crippen molar-refractivity contribution in [3.8, 4) is 0 Å². The van der Waals surface area contributed by atoms with E-state index >= 15 is 0 Å². The normalized spacial score (nSPS) is 12.2. The van der Waals surface area contributed by atoms with Gasteiger partial charge in [-0.15, -0.1) is 0 Å². The molecule has 0 aliphatic heterocycles. The van der Waals surface area contributed by atoms with Crippen molar-refractivity contribution in [3.05, 3.63) is 29.8 Å². The molecule has 0 aliphatic carbocycles. The first-order valence-electron chi connectivity index (χ1n) is 4.17. The third-order valence-corrected chi connectivity index (χ3v) is 1.58. The van der Waals surface area contributed by atoms with E-state index in [-0.39, 0.29) is 12.1 Å². The van der Waals surface area contributed by atoms with Crippen LogP contribution in [0.25, 0.3) is 0 Å². The van der Waals surface area contributed by atoms with Crippen LogP contribution in [0.3, 0.4) is 0 Å². The lowest BCUT2D eigenvalue weighted by molar-refractivity contribution is 0.0920. The van der Waals surface area contributed by atoms with Gasteiger partial charge in [-0.3, -0.25) is 9.78 Å². The summed E-state index contributed by atoms with van der Waals surface area (Å²) in [7, 11) is 0. The monoisotopic (exact) mass is 198 g/mol. The van der Waals surface area contributed by atoms with E-state index in [2.05, 4.69) is 10.3 Å². The van der Waals surface area contributed by atoms with Gasteiger partial charge in [0.2, 0.25) is 0 Å². The molecule has 1 aromatic heterocycles. The van der Waals surface area contributed by atoms with Gasteiger partial charge in [0.25, 0.3) is 5.91 Å². The van der Waals surface area contributed by atoms with Crippen LogP contribution in [-0.4, -0.2) is 28.6 Å². The van der Waals surface area contributed by atoms with Crippen molar-refractivity contribution in [1.82, 2.24) is 10.3 Å². The van der Waals surface area contributed by atoms with E-state index in [1.165, 1.54) is 19.2 Å². The number of aliphatic hydroxyl groups excluding tert-OH is 1. The zero-order valence-electron chi connectivity index (χ0n) is 7.70. The molecule has 14 heavy (non-hydrogen) atoms. The lowest BCUT2D eigenvalue weighted by Gasteiger charge is -2.06. The predicted molar refractivity (Wildman–Crippen MR) is 48.2 cm³/mol. The lowest BCUT2D eigenvalue weighted by Crippen LogP contribution is -2.31. The number of hydrogen-bond acceptors (Lipinski definition) is 3. The molecular weight excluding hydrogens is 187 g/mol. The summed E-state index contributed by atoms with van der Waals surface area (Å²) in [4.78, 5) is 14.8. The number of aliphatic hydroxyl groups is 1. The topological polar surface area (TPSA) is 62.2 Å². The Labute approximate surface area is 80.8 Å². The van der Waals surface area contributed by atoms with Crippen molar-refractivity contribution in [1.29, 1.82) is 0 Å². The maximum Gasteiger partial charge on any atom is 0.254 e. The number of aromatic nitrogens is 1. The van der Waals surface area contributed by atoms with Crippen LogP contribution in [0.5, 0.6) is 0 Å². The maximum absolute atomic E-state index is 13.0. The van der Waals surface area contributed by atoms with E-state index in [9.17, 15) is 9.18 Å². The Bertz CT molecular complexity index is 328. The van der Waals surface area contributed by atoms with Gasteiger partial charge in [-0.1, -0.05) is 0 Å². The molecule has 5 heteroatoms. The van der Waals surface area contributed by atoms with E-state index in [0.29, 0.717) is 0 Å². The molecule has 0 radical (unpaired) electrons. The minimum Gasteiger partial charge on any atom is -0.392 e. The van der Waals surface area contributed by atoms with E-state index < -0.39 is 17.8 Å². The SMILES string of the molecule is C[C@@H](O)CNC(=O)c1ccncc1F.